The molecule has 0 fully saturated rings. The molecule has 0 atom stereocenters. The number of carbonyl (C=O) groups is 1. The van der Waals surface area contributed by atoms with Gasteiger partial charge in [0.05, 0.1) is 16.3 Å². The molecule has 0 radical (unpaired) electrons. The van der Waals surface area contributed by atoms with Gasteiger partial charge in [0, 0.05) is 18.6 Å². The summed E-state index contributed by atoms with van der Waals surface area (Å²) in [6.45, 7) is 0.473. The highest BCUT2D eigenvalue weighted by Crippen LogP contribution is 2.24. The second kappa shape index (κ2) is 6.16. The van der Waals surface area contributed by atoms with Gasteiger partial charge in [-0.15, -0.1) is 0 Å². The minimum Gasteiger partial charge on any atom is -0.398 e. The lowest BCUT2D eigenvalue weighted by molar-refractivity contribution is 0.0785. The Bertz CT molecular complexity index is 626. The van der Waals surface area contributed by atoms with Gasteiger partial charge in [-0.05, 0) is 29.8 Å². The third-order valence-electron chi connectivity index (χ3n) is 2.94. The maximum Gasteiger partial charge on any atom is 0.255 e. The van der Waals surface area contributed by atoms with E-state index in [4.69, 9.17) is 28.9 Å². The fourth-order valence-electron chi connectivity index (χ4n) is 1.86. The van der Waals surface area contributed by atoms with Gasteiger partial charge in [-0.25, -0.2) is 0 Å². The van der Waals surface area contributed by atoms with Gasteiger partial charge in [-0.2, -0.15) is 0 Å². The van der Waals surface area contributed by atoms with Crippen LogP contribution in [-0.2, 0) is 6.54 Å². The molecule has 0 saturated heterocycles. The molecule has 2 N–H and O–H groups in total. The molecule has 0 saturated carbocycles. The zero-order valence-electron chi connectivity index (χ0n) is 10.9. The number of nitrogen functional groups attached to an aromatic ring is 1. The van der Waals surface area contributed by atoms with E-state index in [2.05, 4.69) is 0 Å². The molecule has 0 unspecified atom stereocenters. The molecule has 0 aliphatic rings. The summed E-state index contributed by atoms with van der Waals surface area (Å²) < 4.78 is 0. The molecular weight excluding hydrogens is 295 g/mol. The zero-order valence-corrected chi connectivity index (χ0v) is 12.4. The molecule has 0 aliphatic heterocycles. The number of nitrogens with zero attached hydrogens (tertiary/aromatic N) is 1. The van der Waals surface area contributed by atoms with E-state index in [-0.39, 0.29) is 5.91 Å². The van der Waals surface area contributed by atoms with E-state index in [0.717, 1.165) is 5.56 Å². The van der Waals surface area contributed by atoms with Crippen molar-refractivity contribution in [2.75, 3.05) is 12.8 Å². The van der Waals surface area contributed by atoms with Crippen molar-refractivity contribution in [1.29, 1.82) is 0 Å². The first-order valence-electron chi connectivity index (χ1n) is 6.03. The van der Waals surface area contributed by atoms with Crippen molar-refractivity contribution in [3.05, 3.63) is 63.6 Å². The van der Waals surface area contributed by atoms with Gasteiger partial charge >= 0.3 is 0 Å². The fourth-order valence-corrected chi connectivity index (χ4v) is 2.19. The van der Waals surface area contributed by atoms with Gasteiger partial charge < -0.3 is 10.6 Å². The van der Waals surface area contributed by atoms with Gasteiger partial charge in [0.15, 0.2) is 0 Å². The number of amides is 1. The lowest BCUT2D eigenvalue weighted by Crippen LogP contribution is -2.26. The Hall–Kier alpha value is -1.71. The molecule has 0 bridgehead atoms. The topological polar surface area (TPSA) is 46.3 Å². The summed E-state index contributed by atoms with van der Waals surface area (Å²) in [7, 11) is 1.72. The summed E-state index contributed by atoms with van der Waals surface area (Å²) in [5, 5.41) is 0.960. The molecule has 0 heterocycles. The molecule has 2 aromatic rings. The van der Waals surface area contributed by atoms with Crippen LogP contribution in [0.3, 0.4) is 0 Å². The van der Waals surface area contributed by atoms with Crippen LogP contribution in [0.2, 0.25) is 10.0 Å². The summed E-state index contributed by atoms with van der Waals surface area (Å²) in [6.07, 6.45) is 0. The molecule has 104 valence electrons. The smallest absolute Gasteiger partial charge is 0.255 e. The molecule has 2 aromatic carbocycles. The molecular formula is C15H14Cl2N2O. The van der Waals surface area contributed by atoms with E-state index in [0.29, 0.717) is 27.8 Å². The monoisotopic (exact) mass is 308 g/mol. The molecule has 2 rings (SSSR count). The first kappa shape index (κ1) is 14.7. The van der Waals surface area contributed by atoms with Crippen LogP contribution in [0.4, 0.5) is 5.69 Å². The minimum atomic E-state index is -0.169. The van der Waals surface area contributed by atoms with E-state index in [9.17, 15) is 4.79 Å². The Labute approximate surface area is 127 Å². The standard InChI is InChI=1S/C15H14Cl2N2O/c1-19(9-10-5-7-11(16)8-6-10)15(20)12-3-2-4-13(18)14(12)17/h2-8H,9,18H2,1H3. The molecule has 0 spiro atoms. The van der Waals surface area contributed by atoms with E-state index in [1.54, 1.807) is 42.3 Å². The Balaban J connectivity index is 2.16. The summed E-state index contributed by atoms with van der Waals surface area (Å²) in [4.78, 5) is 13.9. The highest BCUT2D eigenvalue weighted by atomic mass is 35.5. The SMILES string of the molecule is CN(Cc1ccc(Cl)cc1)C(=O)c1cccc(N)c1Cl. The molecule has 0 aromatic heterocycles. The van der Waals surface area contributed by atoms with Gasteiger partial charge in [0.1, 0.15) is 0 Å². The average Bonchev–Trinajstić information content (AvgIpc) is 2.43. The van der Waals surface area contributed by atoms with Crippen LogP contribution in [0.5, 0.6) is 0 Å². The van der Waals surface area contributed by atoms with Crippen molar-refractivity contribution in [2.24, 2.45) is 0 Å². The lowest BCUT2D eigenvalue weighted by Gasteiger charge is -2.18. The van der Waals surface area contributed by atoms with Gasteiger partial charge in [-0.1, -0.05) is 41.4 Å². The highest BCUT2D eigenvalue weighted by molar-refractivity contribution is 6.36. The number of hydrogen-bond donors (Lipinski definition) is 1. The first-order chi connectivity index (χ1) is 9.49. The number of hydrogen-bond acceptors (Lipinski definition) is 2. The molecule has 20 heavy (non-hydrogen) atoms. The van der Waals surface area contributed by atoms with E-state index >= 15 is 0 Å². The summed E-state index contributed by atoms with van der Waals surface area (Å²) in [5.41, 5.74) is 7.51. The van der Waals surface area contributed by atoms with Crippen LogP contribution in [0.1, 0.15) is 15.9 Å². The maximum atomic E-state index is 12.3. The number of halogens is 2. The summed E-state index contributed by atoms with van der Waals surface area (Å²) in [5.74, 6) is -0.169. The molecule has 1 amide bonds. The van der Waals surface area contributed by atoms with E-state index < -0.39 is 0 Å². The molecule has 5 heteroatoms. The van der Waals surface area contributed by atoms with Gasteiger partial charge in [0.2, 0.25) is 0 Å². The summed E-state index contributed by atoms with van der Waals surface area (Å²) in [6, 6.07) is 12.4. The zero-order chi connectivity index (χ0) is 14.7. The van der Waals surface area contributed by atoms with Crippen molar-refractivity contribution < 1.29 is 4.79 Å². The first-order valence-corrected chi connectivity index (χ1v) is 6.78. The third kappa shape index (κ3) is 3.24. The van der Waals surface area contributed by atoms with Crippen LogP contribution >= 0.6 is 23.2 Å². The second-order valence-electron chi connectivity index (χ2n) is 4.50. The van der Waals surface area contributed by atoms with Crippen molar-refractivity contribution in [1.82, 2.24) is 4.90 Å². The Kier molecular flexibility index (Phi) is 4.53. The number of carbonyl (C=O) groups excluding carboxylic acids is 1. The quantitative estimate of drug-likeness (QED) is 0.875. The Morgan fingerprint density at radius 2 is 1.80 bits per heavy atom. The van der Waals surface area contributed by atoms with E-state index in [1.165, 1.54) is 0 Å². The third-order valence-corrected chi connectivity index (χ3v) is 3.61. The normalized spacial score (nSPS) is 10.3. The minimum absolute atomic E-state index is 0.169. The maximum absolute atomic E-state index is 12.3. The number of nitrogens with two attached hydrogens (primary N) is 1. The lowest BCUT2D eigenvalue weighted by atomic mass is 10.1. The predicted octanol–water partition coefficient (Wildman–Crippen LogP) is 3.85. The Morgan fingerprint density at radius 1 is 1.15 bits per heavy atom. The fraction of sp³-hybridized carbons (Fsp3) is 0.133. The highest BCUT2D eigenvalue weighted by Gasteiger charge is 2.16. The predicted molar refractivity (Wildman–Crippen MR) is 83.1 cm³/mol. The number of rotatable bonds is 3. The van der Waals surface area contributed by atoms with Crippen LogP contribution in [0.25, 0.3) is 0 Å². The number of anilines is 1. The van der Waals surface area contributed by atoms with Crippen LogP contribution in [0, 0.1) is 0 Å². The number of benzene rings is 2. The van der Waals surface area contributed by atoms with Gasteiger partial charge in [0.25, 0.3) is 5.91 Å². The second-order valence-corrected chi connectivity index (χ2v) is 5.31. The largest absolute Gasteiger partial charge is 0.398 e. The Morgan fingerprint density at radius 3 is 2.45 bits per heavy atom. The van der Waals surface area contributed by atoms with Gasteiger partial charge in [-0.3, -0.25) is 4.79 Å². The molecule has 3 nitrogen and oxygen atoms in total. The van der Waals surface area contributed by atoms with E-state index in [1.807, 2.05) is 12.1 Å². The summed E-state index contributed by atoms with van der Waals surface area (Å²) >= 11 is 11.9. The van der Waals surface area contributed by atoms with Crippen LogP contribution in [0.15, 0.2) is 42.5 Å². The van der Waals surface area contributed by atoms with Crippen molar-refractivity contribution in [3.8, 4) is 0 Å². The molecule has 0 aliphatic carbocycles. The van der Waals surface area contributed by atoms with Crippen LogP contribution < -0.4 is 5.73 Å². The van der Waals surface area contributed by atoms with Crippen molar-refractivity contribution in [3.63, 3.8) is 0 Å². The van der Waals surface area contributed by atoms with Crippen molar-refractivity contribution >= 4 is 34.8 Å². The average molecular weight is 309 g/mol. The van der Waals surface area contributed by atoms with Crippen molar-refractivity contribution in [2.45, 2.75) is 6.54 Å². The van der Waals surface area contributed by atoms with Crippen LogP contribution in [-0.4, -0.2) is 17.9 Å².